The van der Waals surface area contributed by atoms with Crippen LogP contribution in [0.15, 0.2) is 71.6 Å². The third kappa shape index (κ3) is 5.41. The molecule has 3 atom stereocenters. The number of amides is 1. The summed E-state index contributed by atoms with van der Waals surface area (Å²) in [6.45, 7) is 4.40. The maximum absolute atomic E-state index is 13.5. The number of para-hydroxylation sites is 1. The molecule has 2 fully saturated rings. The first-order valence-corrected chi connectivity index (χ1v) is 14.4. The lowest BCUT2D eigenvalue weighted by molar-refractivity contribution is 0.0356. The predicted molar refractivity (Wildman–Crippen MR) is 150 cm³/mol. The first-order valence-electron chi connectivity index (χ1n) is 12.6. The molecule has 3 aromatic rings. The fourth-order valence-electron chi connectivity index (χ4n) is 5.45. The maximum atomic E-state index is 13.5. The molecule has 0 radical (unpaired) electrons. The highest BCUT2D eigenvalue weighted by molar-refractivity contribution is 7.98. The van der Waals surface area contributed by atoms with Crippen LogP contribution in [0.3, 0.4) is 0 Å². The van der Waals surface area contributed by atoms with E-state index in [0.29, 0.717) is 16.0 Å². The van der Waals surface area contributed by atoms with Gasteiger partial charge in [-0.3, -0.25) is 4.79 Å². The average Bonchev–Trinajstić information content (AvgIpc) is 3.15. The molecule has 2 aliphatic rings. The van der Waals surface area contributed by atoms with Crippen LogP contribution in [0.5, 0.6) is 5.75 Å². The number of hydrogen-bond donors (Lipinski definition) is 0. The third-order valence-corrected chi connectivity index (χ3v) is 9.33. The zero-order valence-electron chi connectivity index (χ0n) is 20.6. The second-order valence-corrected chi connectivity index (χ2v) is 11.8. The van der Waals surface area contributed by atoms with Gasteiger partial charge in [-0.05, 0) is 60.2 Å². The van der Waals surface area contributed by atoms with Gasteiger partial charge in [0.1, 0.15) is 11.9 Å². The SMILES string of the molecule is CC(C)c1ccccc1OC1C[C@H]2CC[C@@H](C1)N2C(=O)c1ccc(CSc2cccc(Cl)c2Cl)cc1. The summed E-state index contributed by atoms with van der Waals surface area (Å²) in [6.07, 6.45) is 4.05. The Hall–Kier alpha value is -2.14. The predicted octanol–water partition coefficient (Wildman–Crippen LogP) is 8.62. The van der Waals surface area contributed by atoms with Gasteiger partial charge in [-0.1, -0.05) is 73.4 Å². The molecule has 2 saturated heterocycles. The number of hydrogen-bond acceptors (Lipinski definition) is 3. The number of rotatable bonds is 7. The highest BCUT2D eigenvalue weighted by Gasteiger charge is 2.44. The molecule has 2 bridgehead atoms. The maximum Gasteiger partial charge on any atom is 0.254 e. The number of thioether (sulfide) groups is 1. The highest BCUT2D eigenvalue weighted by atomic mass is 35.5. The zero-order chi connectivity index (χ0) is 25.2. The Morgan fingerprint density at radius 2 is 1.67 bits per heavy atom. The summed E-state index contributed by atoms with van der Waals surface area (Å²) in [4.78, 5) is 16.6. The summed E-state index contributed by atoms with van der Waals surface area (Å²) >= 11 is 14.1. The molecule has 0 saturated carbocycles. The summed E-state index contributed by atoms with van der Waals surface area (Å²) in [5.74, 6) is 2.31. The molecule has 5 rings (SSSR count). The molecule has 2 heterocycles. The summed E-state index contributed by atoms with van der Waals surface area (Å²) in [5, 5.41) is 1.15. The van der Waals surface area contributed by atoms with Crippen LogP contribution in [-0.2, 0) is 5.75 Å². The fourth-order valence-corrected chi connectivity index (χ4v) is 6.89. The summed E-state index contributed by atoms with van der Waals surface area (Å²) in [7, 11) is 0. The molecule has 0 N–H and O–H groups in total. The molecule has 0 aliphatic carbocycles. The van der Waals surface area contributed by atoms with Gasteiger partial charge in [0.15, 0.2) is 0 Å². The van der Waals surface area contributed by atoms with Crippen molar-refractivity contribution in [3.05, 3.63) is 93.5 Å². The standard InChI is InChI=1S/C30H31Cl2NO2S/c1-19(2)25-6-3-4-8-27(25)35-24-16-22-14-15-23(17-24)33(22)30(34)21-12-10-20(11-13-21)18-36-28-9-5-7-26(31)29(28)32/h3-13,19,22-24H,14-18H2,1-2H3/t22-,23+,24?. The second kappa shape index (κ2) is 11.1. The second-order valence-electron chi connectivity index (χ2n) is 10.0. The van der Waals surface area contributed by atoms with Crippen LogP contribution in [0.4, 0.5) is 0 Å². The van der Waals surface area contributed by atoms with Crippen LogP contribution >= 0.6 is 35.0 Å². The van der Waals surface area contributed by atoms with Crippen molar-refractivity contribution in [2.45, 2.75) is 74.3 Å². The summed E-state index contributed by atoms with van der Waals surface area (Å²) < 4.78 is 6.50. The Balaban J connectivity index is 1.21. The largest absolute Gasteiger partial charge is 0.490 e. The molecule has 2 aliphatic heterocycles. The van der Waals surface area contributed by atoms with Gasteiger partial charge in [-0.15, -0.1) is 11.8 Å². The van der Waals surface area contributed by atoms with Crippen LogP contribution in [0, 0.1) is 0 Å². The number of benzene rings is 3. The molecule has 0 spiro atoms. The number of fused-ring (bicyclic) bond motifs is 2. The minimum Gasteiger partial charge on any atom is -0.490 e. The Morgan fingerprint density at radius 3 is 2.36 bits per heavy atom. The van der Waals surface area contributed by atoms with E-state index in [1.54, 1.807) is 17.8 Å². The number of carbonyl (C=O) groups is 1. The van der Waals surface area contributed by atoms with Crippen molar-refractivity contribution in [3.63, 3.8) is 0 Å². The van der Waals surface area contributed by atoms with Crippen molar-refractivity contribution in [2.24, 2.45) is 0 Å². The van der Waals surface area contributed by atoms with E-state index < -0.39 is 0 Å². The third-order valence-electron chi connectivity index (χ3n) is 7.27. The van der Waals surface area contributed by atoms with Gasteiger partial charge in [0.05, 0.1) is 10.0 Å². The van der Waals surface area contributed by atoms with Gasteiger partial charge in [0.25, 0.3) is 5.91 Å². The van der Waals surface area contributed by atoms with Gasteiger partial charge < -0.3 is 9.64 Å². The lowest BCUT2D eigenvalue weighted by atomic mass is 9.97. The van der Waals surface area contributed by atoms with Gasteiger partial charge in [-0.25, -0.2) is 0 Å². The van der Waals surface area contributed by atoms with E-state index in [9.17, 15) is 4.79 Å². The lowest BCUT2D eigenvalue weighted by Crippen LogP contribution is -2.49. The number of piperidine rings is 1. The van der Waals surface area contributed by atoms with E-state index in [4.69, 9.17) is 27.9 Å². The van der Waals surface area contributed by atoms with Gasteiger partial charge in [0, 0.05) is 41.1 Å². The average molecular weight is 541 g/mol. The molecule has 3 aromatic carbocycles. The van der Waals surface area contributed by atoms with Crippen molar-refractivity contribution >= 4 is 40.9 Å². The van der Waals surface area contributed by atoms with E-state index in [1.165, 1.54) is 5.56 Å². The normalized spacial score (nSPS) is 21.1. The number of ether oxygens (including phenoxy) is 1. The van der Waals surface area contributed by atoms with Crippen molar-refractivity contribution < 1.29 is 9.53 Å². The quantitative estimate of drug-likeness (QED) is 0.281. The van der Waals surface area contributed by atoms with E-state index >= 15 is 0 Å². The molecule has 188 valence electrons. The van der Waals surface area contributed by atoms with Gasteiger partial charge in [0.2, 0.25) is 0 Å². The molecule has 3 nitrogen and oxygen atoms in total. The molecular formula is C30H31Cl2NO2S. The van der Waals surface area contributed by atoms with Crippen LogP contribution < -0.4 is 4.74 Å². The Kier molecular flexibility index (Phi) is 7.85. The minimum atomic E-state index is 0.139. The van der Waals surface area contributed by atoms with E-state index in [2.05, 4.69) is 36.9 Å². The number of nitrogens with zero attached hydrogens (tertiary/aromatic N) is 1. The van der Waals surface area contributed by atoms with E-state index in [-0.39, 0.29) is 24.1 Å². The monoisotopic (exact) mass is 539 g/mol. The number of halogens is 2. The molecule has 0 aromatic heterocycles. The van der Waals surface area contributed by atoms with Crippen LogP contribution in [-0.4, -0.2) is 29.0 Å². The van der Waals surface area contributed by atoms with Crippen LogP contribution in [0.25, 0.3) is 0 Å². The highest BCUT2D eigenvalue weighted by Crippen LogP contribution is 2.39. The van der Waals surface area contributed by atoms with Crippen molar-refractivity contribution in [3.8, 4) is 5.75 Å². The Morgan fingerprint density at radius 1 is 0.972 bits per heavy atom. The van der Waals surface area contributed by atoms with Gasteiger partial charge >= 0.3 is 0 Å². The van der Waals surface area contributed by atoms with Crippen LogP contribution in [0.1, 0.15) is 66.9 Å². The molecule has 36 heavy (non-hydrogen) atoms. The molecule has 6 heteroatoms. The van der Waals surface area contributed by atoms with Crippen molar-refractivity contribution in [2.75, 3.05) is 0 Å². The fraction of sp³-hybridized carbons (Fsp3) is 0.367. The minimum absolute atomic E-state index is 0.139. The Labute approximate surface area is 228 Å². The van der Waals surface area contributed by atoms with E-state index in [1.807, 2.05) is 42.5 Å². The van der Waals surface area contributed by atoms with Crippen LogP contribution in [0.2, 0.25) is 10.0 Å². The van der Waals surface area contributed by atoms with E-state index in [0.717, 1.165) is 53.2 Å². The lowest BCUT2D eigenvalue weighted by Gasteiger charge is -2.39. The molecular weight excluding hydrogens is 509 g/mol. The first-order chi connectivity index (χ1) is 17.4. The summed E-state index contributed by atoms with van der Waals surface area (Å²) in [6, 6.07) is 22.5. The molecule has 1 amide bonds. The summed E-state index contributed by atoms with van der Waals surface area (Å²) in [5.41, 5.74) is 3.15. The van der Waals surface area contributed by atoms with Crippen molar-refractivity contribution in [1.82, 2.24) is 4.90 Å². The topological polar surface area (TPSA) is 29.5 Å². The van der Waals surface area contributed by atoms with Gasteiger partial charge in [-0.2, -0.15) is 0 Å². The first kappa shape index (κ1) is 25.5. The smallest absolute Gasteiger partial charge is 0.254 e. The zero-order valence-corrected chi connectivity index (χ0v) is 23.0. The number of carbonyl (C=O) groups excluding carboxylic acids is 1. The van der Waals surface area contributed by atoms with Crippen molar-refractivity contribution in [1.29, 1.82) is 0 Å². The Bertz CT molecular complexity index is 1220. The molecule has 1 unspecified atom stereocenters.